The smallest absolute Gasteiger partial charge is 0.00195 e. The van der Waals surface area contributed by atoms with Gasteiger partial charge in [-0.3, -0.25) is 0 Å². The van der Waals surface area contributed by atoms with E-state index >= 15 is 0 Å². The number of rotatable bonds is 4. The van der Waals surface area contributed by atoms with Crippen molar-refractivity contribution in [3.05, 3.63) is 241 Å². The minimum Gasteiger partial charge on any atom is -0.0616 e. The summed E-state index contributed by atoms with van der Waals surface area (Å²) in [6.07, 6.45) is 0. The van der Waals surface area contributed by atoms with Crippen LogP contribution >= 0.6 is 0 Å². The van der Waals surface area contributed by atoms with Crippen LogP contribution in [0.2, 0.25) is 0 Å². The number of aryl methyl sites for hydroxylation is 4. The summed E-state index contributed by atoms with van der Waals surface area (Å²) < 4.78 is 0. The van der Waals surface area contributed by atoms with E-state index in [1.807, 2.05) is 0 Å². The Labute approximate surface area is 429 Å². The third-order valence-electron chi connectivity index (χ3n) is 17.2. The lowest BCUT2D eigenvalue weighted by molar-refractivity contribution is 1.49. The molecule has 0 saturated carbocycles. The number of benzene rings is 14. The SMILES string of the molecule is Cc1ccc2ccccc2c1-c1ccc2c(c1)c1cc3c(cc4c5cc(-c6c(C)ccc7ccccc67)ccc5c5cc(-c6c(C)ccc7ccccc67)cc3c54)c3cc(-c4c(C)ccc5ccccc45)cc2c31. The Morgan fingerprint density at radius 2 is 0.432 bits per heavy atom. The highest BCUT2D eigenvalue weighted by molar-refractivity contribution is 6.42. The van der Waals surface area contributed by atoms with Crippen LogP contribution in [0.5, 0.6) is 0 Å². The van der Waals surface area contributed by atoms with Crippen LogP contribution in [-0.2, 0) is 0 Å². The van der Waals surface area contributed by atoms with Crippen LogP contribution in [0.25, 0.3) is 163 Å². The average Bonchev–Trinajstić information content (AvgIpc) is 4.01. The normalized spacial score (nSPS) is 12.3. The van der Waals surface area contributed by atoms with Gasteiger partial charge in [0.25, 0.3) is 0 Å². The minimum absolute atomic E-state index is 1.26. The van der Waals surface area contributed by atoms with Gasteiger partial charge in [0.1, 0.15) is 0 Å². The molecule has 0 spiro atoms. The predicted molar refractivity (Wildman–Crippen MR) is 322 cm³/mol. The summed E-state index contributed by atoms with van der Waals surface area (Å²) in [5.41, 5.74) is 15.4. The second-order valence-electron chi connectivity index (χ2n) is 21.3. The van der Waals surface area contributed by atoms with E-state index in [9.17, 15) is 0 Å². The molecular weight excluding hydrogens is 889 g/mol. The van der Waals surface area contributed by atoms with E-state index in [2.05, 4.69) is 246 Å². The summed E-state index contributed by atoms with van der Waals surface area (Å²) in [5, 5.41) is 28.5. The van der Waals surface area contributed by atoms with Crippen LogP contribution in [0.3, 0.4) is 0 Å². The molecule has 0 atom stereocenters. The highest BCUT2D eigenvalue weighted by Gasteiger charge is 2.24. The molecule has 16 rings (SSSR count). The Balaban J connectivity index is 1.09. The maximum absolute atomic E-state index is 2.58. The van der Waals surface area contributed by atoms with Gasteiger partial charge >= 0.3 is 0 Å². The first-order chi connectivity index (χ1) is 36.3. The van der Waals surface area contributed by atoms with Crippen LogP contribution in [0.1, 0.15) is 22.3 Å². The highest BCUT2D eigenvalue weighted by atomic mass is 14.3. The predicted octanol–water partition coefficient (Wildman–Crippen LogP) is 21.1. The fourth-order valence-electron chi connectivity index (χ4n) is 13.8. The zero-order chi connectivity index (χ0) is 49.1. The van der Waals surface area contributed by atoms with Crippen molar-refractivity contribution < 1.29 is 0 Å². The minimum atomic E-state index is 1.26. The summed E-state index contributed by atoms with van der Waals surface area (Å²) >= 11 is 0. The first-order valence-electron chi connectivity index (χ1n) is 26.1. The molecule has 0 heteroatoms. The summed E-state index contributed by atoms with van der Waals surface area (Å²) in [7, 11) is 0. The van der Waals surface area contributed by atoms with Gasteiger partial charge in [-0.2, -0.15) is 0 Å². The Hall–Kier alpha value is -9.10. The molecule has 0 amide bonds. The first-order valence-corrected chi connectivity index (χ1v) is 26.1. The molecule has 0 heterocycles. The van der Waals surface area contributed by atoms with Gasteiger partial charge < -0.3 is 0 Å². The number of hydrogen-bond donors (Lipinski definition) is 0. The van der Waals surface area contributed by atoms with Crippen molar-refractivity contribution in [2.45, 2.75) is 27.7 Å². The van der Waals surface area contributed by atoms with E-state index in [1.54, 1.807) is 0 Å². The second kappa shape index (κ2) is 15.2. The quantitative estimate of drug-likeness (QED) is 0.154. The van der Waals surface area contributed by atoms with Gasteiger partial charge in [0, 0.05) is 0 Å². The molecule has 0 bridgehead atoms. The van der Waals surface area contributed by atoms with E-state index < -0.39 is 0 Å². The third kappa shape index (κ3) is 5.74. The Kier molecular flexibility index (Phi) is 8.54. The third-order valence-corrected chi connectivity index (χ3v) is 17.2. The molecule has 0 aromatic heterocycles. The van der Waals surface area contributed by atoms with Crippen molar-refractivity contribution in [1.82, 2.24) is 0 Å². The van der Waals surface area contributed by atoms with Crippen LogP contribution in [-0.4, -0.2) is 0 Å². The molecule has 0 fully saturated rings. The van der Waals surface area contributed by atoms with Gasteiger partial charge in [-0.1, -0.05) is 170 Å². The summed E-state index contributed by atoms with van der Waals surface area (Å²) in [5.74, 6) is 0. The molecular formula is C74H48. The van der Waals surface area contributed by atoms with Crippen molar-refractivity contribution in [2.24, 2.45) is 0 Å². The lowest BCUT2D eigenvalue weighted by Crippen LogP contribution is -1.89. The van der Waals surface area contributed by atoms with Crippen molar-refractivity contribution in [3.63, 3.8) is 0 Å². The van der Waals surface area contributed by atoms with E-state index in [0.29, 0.717) is 0 Å². The van der Waals surface area contributed by atoms with Gasteiger partial charge in [-0.15, -0.1) is 0 Å². The topological polar surface area (TPSA) is 0 Å². The molecule has 16 aromatic rings. The zero-order valence-electron chi connectivity index (χ0n) is 41.8. The average molecular weight is 937 g/mol. The van der Waals surface area contributed by atoms with E-state index in [-0.39, 0.29) is 0 Å². The largest absolute Gasteiger partial charge is 0.0616 e. The molecule has 0 aliphatic carbocycles. The van der Waals surface area contributed by atoms with E-state index in [1.165, 1.54) is 185 Å². The molecule has 0 N–H and O–H groups in total. The lowest BCUT2D eigenvalue weighted by atomic mass is 9.87. The fourth-order valence-corrected chi connectivity index (χ4v) is 13.8. The Bertz CT molecular complexity index is 4780. The molecule has 74 heavy (non-hydrogen) atoms. The monoisotopic (exact) mass is 936 g/mol. The maximum Gasteiger partial charge on any atom is -0.00195 e. The van der Waals surface area contributed by atoms with Crippen molar-refractivity contribution in [2.75, 3.05) is 0 Å². The number of fused-ring (bicyclic) bond motifs is 13. The maximum atomic E-state index is 2.58. The molecule has 0 nitrogen and oxygen atoms in total. The first kappa shape index (κ1) is 41.5. The standard InChI is InChI=1S/C74H48/c1-41-21-25-45-13-5-9-17-53(45)69(41)49-29-31-57-59(33-49)67-39-61-62(65-37-51(35-63(57)73(65)67)71-43(3)23-27-47-15-7-11-19-55(47)71)40-68-60-34-50(70-42(2)22-26-46-14-6-10-18-54(46)70)30-32-58(60)64-36-52(38-66(61)74(64)68)72-44(4)24-28-48-16-8-12-20-56(48)72/h5-40H,1-4H3. The molecule has 0 aliphatic rings. The van der Waals surface area contributed by atoms with Crippen molar-refractivity contribution in [1.29, 1.82) is 0 Å². The molecule has 344 valence electrons. The Morgan fingerprint density at radius 3 is 0.770 bits per heavy atom. The summed E-state index contributed by atoms with van der Waals surface area (Å²) in [4.78, 5) is 0. The van der Waals surface area contributed by atoms with Crippen LogP contribution in [0.4, 0.5) is 0 Å². The molecule has 0 radical (unpaired) electrons. The van der Waals surface area contributed by atoms with E-state index in [0.717, 1.165) is 0 Å². The number of hydrogen-bond acceptors (Lipinski definition) is 0. The fraction of sp³-hybridized carbons (Fsp3) is 0.0541. The van der Waals surface area contributed by atoms with Gasteiger partial charge in [-0.25, -0.2) is 0 Å². The van der Waals surface area contributed by atoms with Crippen molar-refractivity contribution >= 4 is 118 Å². The van der Waals surface area contributed by atoms with Gasteiger partial charge in [0.05, 0.1) is 0 Å². The molecule has 16 aromatic carbocycles. The lowest BCUT2D eigenvalue weighted by Gasteiger charge is -2.16. The molecule has 0 aliphatic heterocycles. The van der Waals surface area contributed by atoms with Gasteiger partial charge in [0.2, 0.25) is 0 Å². The zero-order valence-corrected chi connectivity index (χ0v) is 41.8. The second-order valence-corrected chi connectivity index (χ2v) is 21.3. The Morgan fingerprint density at radius 1 is 0.176 bits per heavy atom. The summed E-state index contributed by atoms with van der Waals surface area (Å²) in [6, 6.07) is 83.7. The van der Waals surface area contributed by atoms with Crippen molar-refractivity contribution in [3.8, 4) is 44.5 Å². The summed E-state index contributed by atoms with van der Waals surface area (Å²) in [6.45, 7) is 9.09. The molecule has 0 saturated heterocycles. The van der Waals surface area contributed by atoms with E-state index in [4.69, 9.17) is 0 Å². The molecule has 0 unspecified atom stereocenters. The van der Waals surface area contributed by atoms with Gasteiger partial charge in [0.15, 0.2) is 0 Å². The van der Waals surface area contributed by atoms with Crippen LogP contribution in [0.15, 0.2) is 218 Å². The van der Waals surface area contributed by atoms with Gasteiger partial charge in [-0.05, 0) is 261 Å². The van der Waals surface area contributed by atoms with Crippen LogP contribution in [0, 0.1) is 27.7 Å². The van der Waals surface area contributed by atoms with Crippen LogP contribution < -0.4 is 0 Å². The highest BCUT2D eigenvalue weighted by Crippen LogP contribution is 2.52.